The van der Waals surface area contributed by atoms with E-state index in [2.05, 4.69) is 47.0 Å². The maximum atomic E-state index is 6.09. The van der Waals surface area contributed by atoms with E-state index in [1.54, 1.807) is 0 Å². The zero-order valence-corrected chi connectivity index (χ0v) is 19.3. The molecule has 1 aliphatic heterocycles. The first-order chi connectivity index (χ1) is 12.6. The third-order valence-corrected chi connectivity index (χ3v) is 4.79. The lowest BCUT2D eigenvalue weighted by Gasteiger charge is -2.22. The molecule has 1 N–H and O–H groups in total. The van der Waals surface area contributed by atoms with Crippen LogP contribution in [-0.2, 0) is 26.4 Å². The molecule has 2 heterocycles. The van der Waals surface area contributed by atoms with Gasteiger partial charge >= 0.3 is 0 Å². The second kappa shape index (κ2) is 10.2. The van der Waals surface area contributed by atoms with E-state index in [0.29, 0.717) is 0 Å². The lowest BCUT2D eigenvalue weighted by Crippen LogP contribution is -2.39. The van der Waals surface area contributed by atoms with Crippen LogP contribution in [0.3, 0.4) is 0 Å². The van der Waals surface area contributed by atoms with Crippen LogP contribution in [0.2, 0.25) is 5.02 Å². The van der Waals surface area contributed by atoms with Crippen molar-refractivity contribution in [2.24, 2.45) is 12.0 Å². The summed E-state index contributed by atoms with van der Waals surface area (Å²) < 4.78 is 7.62. The Labute approximate surface area is 183 Å². The normalized spacial score (nSPS) is 13.0. The van der Waals surface area contributed by atoms with Crippen LogP contribution in [0.1, 0.15) is 23.7 Å². The number of fused-ring (bicyclic) bond motifs is 1. The molecular weight excluding hydrogens is 475 g/mol. The topological polar surface area (TPSA) is 41.8 Å². The molecule has 0 bridgehead atoms. The Kier molecular flexibility index (Phi) is 8.28. The van der Waals surface area contributed by atoms with E-state index in [4.69, 9.17) is 21.3 Å². The Bertz CT molecular complexity index is 790. The maximum absolute atomic E-state index is 6.09. The van der Waals surface area contributed by atoms with Gasteiger partial charge in [0.25, 0.3) is 0 Å². The van der Waals surface area contributed by atoms with E-state index in [1.807, 2.05) is 19.3 Å². The van der Waals surface area contributed by atoms with E-state index in [-0.39, 0.29) is 24.0 Å². The van der Waals surface area contributed by atoms with E-state index < -0.39 is 0 Å². The molecule has 0 fully saturated rings. The molecule has 1 aliphatic rings. The number of nitrogens with one attached hydrogen (secondary N) is 1. The third kappa shape index (κ3) is 5.78. The Morgan fingerprint density at radius 1 is 1.37 bits per heavy atom. The minimum atomic E-state index is 0. The number of hydrogen-bond donors (Lipinski definition) is 1. The van der Waals surface area contributed by atoms with Crippen molar-refractivity contribution in [3.05, 3.63) is 52.3 Å². The average molecular weight is 503 g/mol. The molecule has 148 valence electrons. The number of nitrogens with zero attached hydrogens (tertiary/aromatic N) is 3. The highest BCUT2D eigenvalue weighted by Gasteiger charge is 2.12. The quantitative estimate of drug-likeness (QED) is 0.370. The average Bonchev–Trinajstić information content (AvgIpc) is 3.19. The zero-order valence-electron chi connectivity index (χ0n) is 16.2. The summed E-state index contributed by atoms with van der Waals surface area (Å²) in [5.74, 6) is 1.95. The van der Waals surface area contributed by atoms with Gasteiger partial charge in [-0.25, -0.2) is 0 Å². The summed E-state index contributed by atoms with van der Waals surface area (Å²) in [6, 6.07) is 8.47. The number of guanidine groups is 1. The molecule has 1 aromatic carbocycles. The molecular formula is C20H28ClIN4O. The van der Waals surface area contributed by atoms with Gasteiger partial charge in [0.05, 0.1) is 18.2 Å². The van der Waals surface area contributed by atoms with Gasteiger partial charge in [-0.15, -0.1) is 24.0 Å². The predicted molar refractivity (Wildman–Crippen MR) is 123 cm³/mol. The van der Waals surface area contributed by atoms with Crippen molar-refractivity contribution in [1.82, 2.24) is 14.8 Å². The second-order valence-corrected chi connectivity index (χ2v) is 7.08. The van der Waals surface area contributed by atoms with Gasteiger partial charge in [-0.1, -0.05) is 23.7 Å². The summed E-state index contributed by atoms with van der Waals surface area (Å²) in [5.41, 5.74) is 3.78. The van der Waals surface area contributed by atoms with Gasteiger partial charge in [0.2, 0.25) is 0 Å². The molecule has 0 spiro atoms. The number of hydrogen-bond acceptors (Lipinski definition) is 2. The Balaban J connectivity index is 0.00000261. The highest BCUT2D eigenvalue weighted by atomic mass is 127. The second-order valence-electron chi connectivity index (χ2n) is 6.64. The van der Waals surface area contributed by atoms with E-state index in [1.165, 1.54) is 11.1 Å². The zero-order chi connectivity index (χ0) is 18.5. The molecule has 0 radical (unpaired) electrons. The minimum absolute atomic E-state index is 0. The number of aliphatic imine (C=N–C) groups is 1. The summed E-state index contributed by atoms with van der Waals surface area (Å²) in [6.07, 6.45) is 3.86. The molecule has 0 saturated carbocycles. The first-order valence-corrected chi connectivity index (χ1v) is 9.49. The minimum Gasteiger partial charge on any atom is -0.493 e. The van der Waals surface area contributed by atoms with Gasteiger partial charge in [0.1, 0.15) is 5.75 Å². The molecule has 0 atom stereocenters. The number of ether oxygens (including phenoxy) is 1. The number of aromatic nitrogens is 1. The lowest BCUT2D eigenvalue weighted by molar-refractivity contribution is 0.357. The fourth-order valence-corrected chi connectivity index (χ4v) is 3.47. The summed E-state index contributed by atoms with van der Waals surface area (Å²) in [5, 5.41) is 4.13. The molecule has 1 aromatic heterocycles. The van der Waals surface area contributed by atoms with Crippen molar-refractivity contribution < 1.29 is 4.74 Å². The van der Waals surface area contributed by atoms with Crippen LogP contribution in [0.25, 0.3) is 0 Å². The molecule has 2 aromatic rings. The summed E-state index contributed by atoms with van der Waals surface area (Å²) in [7, 11) is 4.06. The summed E-state index contributed by atoms with van der Waals surface area (Å²) in [6.45, 7) is 5.23. The van der Waals surface area contributed by atoms with Gasteiger partial charge in [0.15, 0.2) is 5.96 Å². The molecule has 5 nitrogen and oxygen atoms in total. The van der Waals surface area contributed by atoms with E-state index >= 15 is 0 Å². The highest BCUT2D eigenvalue weighted by molar-refractivity contribution is 14.0. The summed E-state index contributed by atoms with van der Waals surface area (Å²) >= 11 is 6.09. The third-order valence-electron chi connectivity index (χ3n) is 4.59. The van der Waals surface area contributed by atoms with E-state index in [0.717, 1.165) is 61.5 Å². The van der Waals surface area contributed by atoms with Gasteiger partial charge < -0.3 is 19.5 Å². The van der Waals surface area contributed by atoms with Crippen molar-refractivity contribution in [1.29, 1.82) is 0 Å². The van der Waals surface area contributed by atoms with Gasteiger partial charge in [-0.2, -0.15) is 0 Å². The Hall–Kier alpha value is -1.41. The Morgan fingerprint density at radius 3 is 2.89 bits per heavy atom. The van der Waals surface area contributed by atoms with Gasteiger partial charge in [-0.3, -0.25) is 4.99 Å². The summed E-state index contributed by atoms with van der Waals surface area (Å²) in [4.78, 5) is 6.92. The fourth-order valence-electron chi connectivity index (χ4n) is 3.20. The molecule has 0 amide bonds. The van der Waals surface area contributed by atoms with Crippen molar-refractivity contribution >= 4 is 41.5 Å². The van der Waals surface area contributed by atoms with Gasteiger partial charge in [0, 0.05) is 45.5 Å². The number of rotatable bonds is 6. The number of benzene rings is 1. The molecule has 3 rings (SSSR count). The van der Waals surface area contributed by atoms with Crippen molar-refractivity contribution in [3.63, 3.8) is 0 Å². The monoisotopic (exact) mass is 502 g/mol. The molecule has 7 heteroatoms. The van der Waals surface area contributed by atoms with Crippen LogP contribution in [0.15, 0.2) is 35.5 Å². The maximum Gasteiger partial charge on any atom is 0.194 e. The van der Waals surface area contributed by atoms with Crippen LogP contribution >= 0.6 is 35.6 Å². The van der Waals surface area contributed by atoms with Crippen molar-refractivity contribution in [2.45, 2.75) is 26.3 Å². The van der Waals surface area contributed by atoms with Gasteiger partial charge in [-0.05, 0) is 36.6 Å². The number of aryl methyl sites for hydroxylation is 1. The van der Waals surface area contributed by atoms with Crippen LogP contribution < -0.4 is 10.1 Å². The highest BCUT2D eigenvalue weighted by Crippen LogP contribution is 2.26. The van der Waals surface area contributed by atoms with Crippen molar-refractivity contribution in [2.75, 3.05) is 26.7 Å². The van der Waals surface area contributed by atoms with Crippen LogP contribution in [0.4, 0.5) is 0 Å². The Morgan fingerprint density at radius 2 is 2.19 bits per heavy atom. The molecule has 0 unspecified atom stereocenters. The SMILES string of the molecule is CCNC(=NCCc1ccc2c(c1)CCO2)N(C)Cc1cc(Cl)cn1C.I. The molecule has 0 aliphatic carbocycles. The van der Waals surface area contributed by atoms with Crippen LogP contribution in [0.5, 0.6) is 5.75 Å². The lowest BCUT2D eigenvalue weighted by atomic mass is 10.1. The predicted octanol–water partition coefficient (Wildman–Crippen LogP) is 3.87. The largest absolute Gasteiger partial charge is 0.493 e. The van der Waals surface area contributed by atoms with Crippen molar-refractivity contribution in [3.8, 4) is 5.75 Å². The van der Waals surface area contributed by atoms with E-state index in [9.17, 15) is 0 Å². The smallest absolute Gasteiger partial charge is 0.194 e. The standard InChI is InChI=1S/C20H27ClN4O.HI/c1-4-22-20(25(3)14-18-12-17(21)13-24(18)2)23-9-7-15-5-6-19-16(11-15)8-10-26-19;/h5-6,11-13H,4,7-10,14H2,1-3H3,(H,22,23);1H. The first kappa shape index (κ1) is 21.9. The van der Waals surface area contributed by atoms with Crippen LogP contribution in [0, 0.1) is 0 Å². The first-order valence-electron chi connectivity index (χ1n) is 9.11. The molecule has 27 heavy (non-hydrogen) atoms. The van der Waals surface area contributed by atoms with Crippen LogP contribution in [-0.4, -0.2) is 42.2 Å². The fraction of sp³-hybridized carbons (Fsp3) is 0.450. The molecule has 0 saturated heterocycles. The number of halogens is 2.